The summed E-state index contributed by atoms with van der Waals surface area (Å²) in [5, 5.41) is 16.1. The van der Waals surface area contributed by atoms with E-state index in [2.05, 4.69) is 31.4 Å². The van der Waals surface area contributed by atoms with Crippen LogP contribution in [-0.2, 0) is 0 Å². The van der Waals surface area contributed by atoms with E-state index in [1.165, 1.54) is 32.1 Å². The zero-order valence-corrected chi connectivity index (χ0v) is 17.0. The fraction of sp³-hybridized carbons (Fsp3) is 0.941. The highest BCUT2D eigenvalue weighted by atomic mass is 127. The number of aliphatic hydroxyl groups is 1. The van der Waals surface area contributed by atoms with Gasteiger partial charge in [-0.25, -0.2) is 0 Å². The Labute approximate surface area is 154 Å². The Kier molecular flexibility index (Phi) is 12.4. The van der Waals surface area contributed by atoms with Crippen molar-refractivity contribution in [2.24, 2.45) is 16.3 Å². The van der Waals surface area contributed by atoms with Crippen LogP contribution in [0.25, 0.3) is 0 Å². The minimum atomic E-state index is 0. The number of aliphatic hydroxyl groups excluding tert-OH is 1. The molecule has 1 fully saturated rings. The molecule has 0 aliphatic heterocycles. The Morgan fingerprint density at radius 1 is 1.18 bits per heavy atom. The number of nitrogens with zero attached hydrogens (tertiary/aromatic N) is 1. The van der Waals surface area contributed by atoms with Gasteiger partial charge in [-0.3, -0.25) is 4.99 Å². The van der Waals surface area contributed by atoms with Crippen molar-refractivity contribution in [2.75, 3.05) is 26.2 Å². The number of hydrogen-bond acceptors (Lipinski definition) is 2. The van der Waals surface area contributed by atoms with E-state index in [-0.39, 0.29) is 36.0 Å². The third kappa shape index (κ3) is 8.56. The highest BCUT2D eigenvalue weighted by Gasteiger charge is 2.31. The zero-order valence-electron chi connectivity index (χ0n) is 14.7. The average molecular weight is 425 g/mol. The zero-order chi connectivity index (χ0) is 15.6. The summed E-state index contributed by atoms with van der Waals surface area (Å²) in [6.45, 7) is 9.56. The molecule has 22 heavy (non-hydrogen) atoms. The van der Waals surface area contributed by atoms with Crippen LogP contribution >= 0.6 is 24.0 Å². The van der Waals surface area contributed by atoms with Gasteiger partial charge in [0, 0.05) is 26.2 Å². The van der Waals surface area contributed by atoms with E-state index < -0.39 is 0 Å². The predicted molar refractivity (Wildman–Crippen MR) is 106 cm³/mol. The normalized spacial score (nSPS) is 18.0. The molecular formula is C17H36IN3O. The minimum absolute atomic E-state index is 0. The summed E-state index contributed by atoms with van der Waals surface area (Å²) >= 11 is 0. The summed E-state index contributed by atoms with van der Waals surface area (Å²) in [5.41, 5.74) is 0.230. The fourth-order valence-electron chi connectivity index (χ4n) is 3.09. The Morgan fingerprint density at radius 2 is 1.86 bits per heavy atom. The van der Waals surface area contributed by atoms with E-state index in [1.807, 2.05) is 0 Å². The van der Waals surface area contributed by atoms with Gasteiger partial charge in [0.1, 0.15) is 0 Å². The summed E-state index contributed by atoms with van der Waals surface area (Å²) in [6, 6.07) is 0. The van der Waals surface area contributed by atoms with Crippen molar-refractivity contribution in [3.63, 3.8) is 0 Å². The minimum Gasteiger partial charge on any atom is -0.396 e. The van der Waals surface area contributed by atoms with Crippen molar-refractivity contribution in [1.29, 1.82) is 0 Å². The summed E-state index contributed by atoms with van der Waals surface area (Å²) in [5.74, 6) is 1.64. The van der Waals surface area contributed by atoms with Crippen LogP contribution in [0.1, 0.15) is 65.7 Å². The Balaban J connectivity index is 0.00000441. The molecule has 3 N–H and O–H groups in total. The van der Waals surface area contributed by atoms with Crippen molar-refractivity contribution in [3.05, 3.63) is 0 Å². The Hall–Kier alpha value is -0.0400. The van der Waals surface area contributed by atoms with Gasteiger partial charge in [-0.1, -0.05) is 33.1 Å². The summed E-state index contributed by atoms with van der Waals surface area (Å²) in [7, 11) is 0. The average Bonchev–Trinajstić information content (AvgIpc) is 2.46. The van der Waals surface area contributed by atoms with E-state index >= 15 is 0 Å². The molecular weight excluding hydrogens is 389 g/mol. The van der Waals surface area contributed by atoms with Crippen LogP contribution in [0.4, 0.5) is 0 Å². The molecule has 1 rings (SSSR count). The largest absolute Gasteiger partial charge is 0.396 e. The lowest BCUT2D eigenvalue weighted by Crippen LogP contribution is -2.39. The van der Waals surface area contributed by atoms with E-state index in [9.17, 15) is 5.11 Å². The van der Waals surface area contributed by atoms with Crippen LogP contribution in [0, 0.1) is 11.3 Å². The number of halogens is 1. The van der Waals surface area contributed by atoms with Gasteiger partial charge in [0.15, 0.2) is 5.96 Å². The van der Waals surface area contributed by atoms with Crippen molar-refractivity contribution in [1.82, 2.24) is 10.6 Å². The van der Waals surface area contributed by atoms with Crippen molar-refractivity contribution >= 4 is 29.9 Å². The molecule has 0 aromatic carbocycles. The van der Waals surface area contributed by atoms with Gasteiger partial charge in [0.05, 0.1) is 0 Å². The summed E-state index contributed by atoms with van der Waals surface area (Å²) < 4.78 is 0. The van der Waals surface area contributed by atoms with Crippen LogP contribution in [0.15, 0.2) is 4.99 Å². The molecule has 0 saturated heterocycles. The lowest BCUT2D eigenvalue weighted by atomic mass is 9.72. The first-order chi connectivity index (χ1) is 10.1. The van der Waals surface area contributed by atoms with Gasteiger partial charge in [-0.05, 0) is 43.9 Å². The number of hydrogen-bond donors (Lipinski definition) is 3. The molecule has 0 heterocycles. The first-order valence-corrected chi connectivity index (χ1v) is 8.75. The third-order valence-electron chi connectivity index (χ3n) is 4.49. The number of guanidine groups is 1. The maximum atomic E-state index is 9.38. The lowest BCUT2D eigenvalue weighted by Gasteiger charge is -2.35. The number of nitrogens with one attached hydrogen (secondary N) is 2. The molecule has 132 valence electrons. The van der Waals surface area contributed by atoms with Crippen molar-refractivity contribution in [3.8, 4) is 0 Å². The van der Waals surface area contributed by atoms with Gasteiger partial charge in [0.25, 0.3) is 0 Å². The summed E-state index contributed by atoms with van der Waals surface area (Å²) in [4.78, 5) is 4.81. The maximum absolute atomic E-state index is 9.38. The molecule has 1 saturated carbocycles. The fourth-order valence-corrected chi connectivity index (χ4v) is 3.09. The number of rotatable bonds is 8. The van der Waals surface area contributed by atoms with Gasteiger partial charge < -0.3 is 15.7 Å². The second kappa shape index (κ2) is 12.4. The Bertz CT molecular complexity index is 297. The van der Waals surface area contributed by atoms with E-state index in [4.69, 9.17) is 4.99 Å². The second-order valence-corrected chi connectivity index (χ2v) is 6.84. The smallest absolute Gasteiger partial charge is 0.191 e. The topological polar surface area (TPSA) is 56.7 Å². The molecule has 4 nitrogen and oxygen atoms in total. The van der Waals surface area contributed by atoms with Gasteiger partial charge in [-0.15, -0.1) is 24.0 Å². The molecule has 0 amide bonds. The predicted octanol–water partition coefficient (Wildman–Crippen LogP) is 3.54. The van der Waals surface area contributed by atoms with Crippen molar-refractivity contribution < 1.29 is 5.11 Å². The van der Waals surface area contributed by atoms with Gasteiger partial charge >= 0.3 is 0 Å². The first kappa shape index (κ1) is 22.0. The van der Waals surface area contributed by atoms with E-state index in [0.717, 1.165) is 38.4 Å². The maximum Gasteiger partial charge on any atom is 0.191 e. The first-order valence-electron chi connectivity index (χ1n) is 8.75. The third-order valence-corrected chi connectivity index (χ3v) is 4.49. The van der Waals surface area contributed by atoms with Gasteiger partial charge in [0.2, 0.25) is 0 Å². The molecule has 0 radical (unpaired) electrons. The van der Waals surface area contributed by atoms with Gasteiger partial charge in [-0.2, -0.15) is 0 Å². The standard InChI is InChI=1S/C17H35N3O.HI/c1-4-18-16(19-12-8-15(2)3)20-14-17(11-13-21)9-6-5-7-10-17;/h15,21H,4-14H2,1-3H3,(H2,18,19,20);1H. The quantitative estimate of drug-likeness (QED) is 0.317. The van der Waals surface area contributed by atoms with Crippen LogP contribution in [0.2, 0.25) is 0 Å². The van der Waals surface area contributed by atoms with Crippen LogP contribution in [0.3, 0.4) is 0 Å². The van der Waals surface area contributed by atoms with E-state index in [0.29, 0.717) is 5.92 Å². The molecule has 5 heteroatoms. The lowest BCUT2D eigenvalue weighted by molar-refractivity contribution is 0.137. The molecule has 0 unspecified atom stereocenters. The molecule has 0 aromatic rings. The van der Waals surface area contributed by atoms with Crippen LogP contribution in [0.5, 0.6) is 0 Å². The molecule has 0 spiro atoms. The van der Waals surface area contributed by atoms with Crippen LogP contribution in [-0.4, -0.2) is 37.3 Å². The van der Waals surface area contributed by atoms with Crippen LogP contribution < -0.4 is 10.6 Å². The summed E-state index contributed by atoms with van der Waals surface area (Å²) in [6.07, 6.45) is 8.38. The molecule has 0 aromatic heterocycles. The molecule has 1 aliphatic carbocycles. The SMILES string of the molecule is CCNC(=NCC1(CCO)CCCCC1)NCCC(C)C.I. The second-order valence-electron chi connectivity index (χ2n) is 6.84. The molecule has 1 aliphatic rings. The van der Waals surface area contributed by atoms with Crippen molar-refractivity contribution in [2.45, 2.75) is 65.7 Å². The highest BCUT2D eigenvalue weighted by molar-refractivity contribution is 14.0. The molecule has 0 atom stereocenters. The van der Waals surface area contributed by atoms with E-state index in [1.54, 1.807) is 0 Å². The monoisotopic (exact) mass is 425 g/mol. The Morgan fingerprint density at radius 3 is 2.41 bits per heavy atom. The molecule has 0 bridgehead atoms. The number of aliphatic imine (C=N–C) groups is 1. The highest BCUT2D eigenvalue weighted by Crippen LogP contribution is 2.39.